The van der Waals surface area contributed by atoms with Gasteiger partial charge in [-0.15, -0.1) is 0 Å². The van der Waals surface area contributed by atoms with Crippen LogP contribution in [0.25, 0.3) is 21.7 Å². The van der Waals surface area contributed by atoms with Crippen molar-refractivity contribution in [3.63, 3.8) is 0 Å². The van der Waals surface area contributed by atoms with Crippen LogP contribution in [0.2, 0.25) is 0 Å². The molecule has 11 heteroatoms. The number of likely N-dealkylation sites (N-methyl/N-ethyl adjacent to an activating group) is 1. The highest BCUT2D eigenvalue weighted by Crippen LogP contribution is 2.39. The second-order valence-corrected chi connectivity index (χ2v) is 8.21. The van der Waals surface area contributed by atoms with Crippen LogP contribution in [0.3, 0.4) is 0 Å². The largest absolute Gasteiger partial charge is 0.476 e. The Balaban J connectivity index is 1.59. The first-order valence-electron chi connectivity index (χ1n) is 10.8. The normalized spacial score (nSPS) is 15.4. The van der Waals surface area contributed by atoms with Gasteiger partial charge in [-0.05, 0) is 29.7 Å². The topological polar surface area (TPSA) is 93.5 Å². The number of nitrogens with one attached hydrogen (secondary N) is 1. The molecule has 1 aliphatic heterocycles. The van der Waals surface area contributed by atoms with Crippen molar-refractivity contribution >= 4 is 27.6 Å². The van der Waals surface area contributed by atoms with Crippen LogP contribution < -0.4 is 10.5 Å². The lowest BCUT2D eigenvalue weighted by Crippen LogP contribution is -2.37. The van der Waals surface area contributed by atoms with Gasteiger partial charge in [0.2, 0.25) is 5.88 Å². The highest BCUT2D eigenvalue weighted by Gasteiger charge is 2.33. The fourth-order valence-electron chi connectivity index (χ4n) is 4.32. The number of rotatable bonds is 5. The van der Waals surface area contributed by atoms with E-state index in [2.05, 4.69) is 9.97 Å². The summed E-state index contributed by atoms with van der Waals surface area (Å²) in [6.45, 7) is 0.451. The molecule has 182 valence electrons. The molecule has 3 N–H and O–H groups in total. The Morgan fingerprint density at radius 1 is 1.11 bits per heavy atom. The third-order valence-electron chi connectivity index (χ3n) is 6.01. The molecule has 3 heterocycles. The van der Waals surface area contributed by atoms with Crippen LogP contribution in [0.4, 0.5) is 17.6 Å². The molecule has 0 radical (unpaired) electrons. The van der Waals surface area contributed by atoms with Crippen molar-refractivity contribution < 1.29 is 31.8 Å². The molecule has 0 spiro atoms. The number of nitrogens with two attached hydrogens (primary N) is 1. The van der Waals surface area contributed by atoms with Crippen LogP contribution in [-0.4, -0.2) is 47.6 Å². The number of ether oxygens (including phenoxy) is 2. The molecule has 35 heavy (non-hydrogen) atoms. The van der Waals surface area contributed by atoms with Gasteiger partial charge in [0, 0.05) is 41.5 Å². The molecule has 5 rings (SSSR count). The molecule has 1 atom stereocenters. The number of amides is 1. The van der Waals surface area contributed by atoms with E-state index in [1.54, 1.807) is 0 Å². The van der Waals surface area contributed by atoms with Gasteiger partial charge in [0.05, 0.1) is 24.9 Å². The maximum absolute atomic E-state index is 14.3. The van der Waals surface area contributed by atoms with Crippen molar-refractivity contribution in [3.8, 4) is 5.88 Å². The van der Waals surface area contributed by atoms with E-state index in [0.717, 1.165) is 24.3 Å². The molecule has 1 amide bonds. The zero-order valence-corrected chi connectivity index (χ0v) is 18.5. The van der Waals surface area contributed by atoms with E-state index in [4.69, 9.17) is 15.2 Å². The number of nitrogens with zero attached hydrogens (tertiary/aromatic N) is 2. The Hall–Kier alpha value is -3.70. The molecule has 0 bridgehead atoms. The maximum atomic E-state index is 14.3. The highest BCUT2D eigenvalue weighted by molar-refractivity contribution is 5.99. The van der Waals surface area contributed by atoms with Gasteiger partial charge in [-0.2, -0.15) is 0 Å². The summed E-state index contributed by atoms with van der Waals surface area (Å²) in [7, 11) is 1.52. The van der Waals surface area contributed by atoms with Crippen LogP contribution >= 0.6 is 0 Å². The number of carbonyl (C=O) groups is 1. The predicted molar refractivity (Wildman–Crippen MR) is 119 cm³/mol. The Labute approximate surface area is 196 Å². The van der Waals surface area contributed by atoms with Crippen molar-refractivity contribution in [2.45, 2.75) is 12.6 Å². The number of fused-ring (bicyclic) bond motifs is 4. The van der Waals surface area contributed by atoms with Crippen LogP contribution in [0.5, 0.6) is 5.88 Å². The van der Waals surface area contributed by atoms with E-state index in [1.807, 2.05) is 0 Å². The van der Waals surface area contributed by atoms with Gasteiger partial charge in [0.25, 0.3) is 5.91 Å². The summed E-state index contributed by atoms with van der Waals surface area (Å²) in [5.74, 6) is -4.61. The second-order valence-electron chi connectivity index (χ2n) is 8.21. The molecule has 0 unspecified atom stereocenters. The minimum atomic E-state index is -1.07. The third kappa shape index (κ3) is 3.96. The Kier molecular flexibility index (Phi) is 5.81. The fourth-order valence-corrected chi connectivity index (χ4v) is 4.32. The Bertz CT molecular complexity index is 1430. The second kappa shape index (κ2) is 8.82. The summed E-state index contributed by atoms with van der Waals surface area (Å²) in [5.41, 5.74) is 6.76. The zero-order valence-electron chi connectivity index (χ0n) is 18.5. The van der Waals surface area contributed by atoms with Crippen molar-refractivity contribution in [3.05, 3.63) is 70.6 Å². The molecular weight excluding hydrogens is 468 g/mol. The molecule has 7 nitrogen and oxygen atoms in total. The first-order valence-corrected chi connectivity index (χ1v) is 10.8. The monoisotopic (exact) mass is 488 g/mol. The van der Waals surface area contributed by atoms with Crippen molar-refractivity contribution in [1.82, 2.24) is 14.9 Å². The first-order chi connectivity index (χ1) is 16.8. The van der Waals surface area contributed by atoms with E-state index in [-0.39, 0.29) is 48.8 Å². The molecule has 0 aliphatic carbocycles. The number of aromatic nitrogens is 2. The molecular formula is C24H20F4N4O3. The Morgan fingerprint density at radius 2 is 1.80 bits per heavy atom. The average molecular weight is 488 g/mol. The van der Waals surface area contributed by atoms with E-state index in [9.17, 15) is 22.4 Å². The van der Waals surface area contributed by atoms with Gasteiger partial charge in [0.1, 0.15) is 12.3 Å². The average Bonchev–Trinajstić information content (AvgIpc) is 3.25. The van der Waals surface area contributed by atoms with Gasteiger partial charge in [-0.3, -0.25) is 4.79 Å². The van der Waals surface area contributed by atoms with Crippen molar-refractivity contribution in [2.24, 2.45) is 5.73 Å². The fraction of sp³-hybridized carbons (Fsp3) is 0.250. The van der Waals surface area contributed by atoms with Crippen LogP contribution in [0.15, 0.2) is 30.3 Å². The lowest BCUT2D eigenvalue weighted by molar-refractivity contribution is 0.0331. The van der Waals surface area contributed by atoms with E-state index in [0.29, 0.717) is 22.0 Å². The molecule has 0 saturated heterocycles. The number of carbonyl (C=O) groups excluding carboxylic acids is 1. The standard InChI is InChI=1S/C24H20F4N4O3/c1-32(24(33)19-5-11-4-14(25)17(28)8-18(11)30-19)21-10-34-9-20-22(21)12-6-15(26)16(27)7-13(12)23(31-20)35-3-2-29/h4-8,21,30H,2-3,9-10,29H2,1H3/t21-/m1/s1. The van der Waals surface area contributed by atoms with Crippen molar-refractivity contribution in [1.29, 1.82) is 0 Å². The summed E-state index contributed by atoms with van der Waals surface area (Å²) < 4.78 is 66.9. The van der Waals surface area contributed by atoms with Crippen LogP contribution in [0.1, 0.15) is 27.8 Å². The van der Waals surface area contributed by atoms with Gasteiger partial charge < -0.3 is 25.1 Å². The van der Waals surface area contributed by atoms with Gasteiger partial charge in [-0.1, -0.05) is 0 Å². The van der Waals surface area contributed by atoms with Crippen molar-refractivity contribution in [2.75, 3.05) is 26.8 Å². The minimum absolute atomic E-state index is 0.0670. The Morgan fingerprint density at radius 3 is 2.54 bits per heavy atom. The number of H-pyrrole nitrogens is 1. The lowest BCUT2D eigenvalue weighted by Gasteiger charge is -2.33. The molecule has 1 aliphatic rings. The minimum Gasteiger partial charge on any atom is -0.476 e. The van der Waals surface area contributed by atoms with E-state index >= 15 is 0 Å². The predicted octanol–water partition coefficient (Wildman–Crippen LogP) is 3.95. The first kappa shape index (κ1) is 23.1. The molecule has 0 saturated carbocycles. The van der Waals surface area contributed by atoms with Gasteiger partial charge in [0.15, 0.2) is 23.3 Å². The summed E-state index contributed by atoms with van der Waals surface area (Å²) in [5, 5.41) is 0.891. The smallest absolute Gasteiger partial charge is 0.270 e. The summed E-state index contributed by atoms with van der Waals surface area (Å²) in [6.07, 6.45) is 0. The summed E-state index contributed by atoms with van der Waals surface area (Å²) in [4.78, 5) is 21.9. The summed E-state index contributed by atoms with van der Waals surface area (Å²) >= 11 is 0. The van der Waals surface area contributed by atoms with Crippen LogP contribution in [0, 0.1) is 23.3 Å². The van der Waals surface area contributed by atoms with Gasteiger partial charge >= 0.3 is 0 Å². The number of halogens is 4. The molecule has 2 aromatic heterocycles. The highest BCUT2D eigenvalue weighted by atomic mass is 19.2. The lowest BCUT2D eigenvalue weighted by atomic mass is 9.95. The van der Waals surface area contributed by atoms with E-state index < -0.39 is 35.2 Å². The summed E-state index contributed by atoms with van der Waals surface area (Å²) in [6, 6.07) is 4.71. The number of pyridine rings is 1. The quantitative estimate of drug-likeness (QED) is 0.415. The number of benzene rings is 2. The molecule has 0 fully saturated rings. The molecule has 2 aromatic carbocycles. The number of aromatic amines is 1. The maximum Gasteiger partial charge on any atom is 0.270 e. The third-order valence-corrected chi connectivity index (χ3v) is 6.01. The zero-order chi connectivity index (χ0) is 24.9. The SMILES string of the molecule is CN(C(=O)c1cc2cc(F)c(F)cc2[nH]1)[C@@H]1COCc2nc(OCCN)c3cc(F)c(F)cc3c21. The number of hydrogen-bond donors (Lipinski definition) is 2. The molecule has 4 aromatic rings. The van der Waals surface area contributed by atoms with Crippen LogP contribution in [-0.2, 0) is 11.3 Å². The number of hydrogen-bond acceptors (Lipinski definition) is 5. The van der Waals surface area contributed by atoms with Gasteiger partial charge in [-0.25, -0.2) is 22.5 Å². The van der Waals surface area contributed by atoms with E-state index in [1.165, 1.54) is 18.0 Å².